The van der Waals surface area contributed by atoms with Gasteiger partial charge in [-0.05, 0) is 32.9 Å². The molecule has 0 radical (unpaired) electrons. The van der Waals surface area contributed by atoms with Crippen LogP contribution in [0.3, 0.4) is 0 Å². The lowest BCUT2D eigenvalue weighted by Gasteiger charge is -2.25. The van der Waals surface area contributed by atoms with E-state index in [-0.39, 0.29) is 0 Å². The van der Waals surface area contributed by atoms with E-state index in [0.29, 0.717) is 43.6 Å². The van der Waals surface area contributed by atoms with E-state index in [1.165, 1.54) is 11.3 Å². The molecule has 0 amide bonds. The van der Waals surface area contributed by atoms with Gasteiger partial charge in [0.2, 0.25) is 10.7 Å². The van der Waals surface area contributed by atoms with Crippen LogP contribution in [0, 0.1) is 0 Å². The number of aromatic nitrogens is 4. The molecule has 30 heavy (non-hydrogen) atoms. The first-order chi connectivity index (χ1) is 14.7. The van der Waals surface area contributed by atoms with E-state index in [4.69, 9.17) is 24.0 Å². The minimum atomic E-state index is 0.529. The average Bonchev–Trinajstić information content (AvgIpc) is 3.33. The number of morpholine rings is 1. The Balaban J connectivity index is 1.68. The van der Waals surface area contributed by atoms with Gasteiger partial charge in [-0.1, -0.05) is 11.3 Å². The molecule has 1 aliphatic heterocycles. The molecule has 162 valence electrons. The van der Waals surface area contributed by atoms with Crippen molar-refractivity contribution in [2.24, 2.45) is 0 Å². The molecule has 1 saturated heterocycles. The number of nitrogens with zero attached hydrogens (tertiary/aromatic N) is 5. The summed E-state index contributed by atoms with van der Waals surface area (Å²) in [6, 6.07) is 3.90. The topological polar surface area (TPSA) is 83.2 Å². The van der Waals surface area contributed by atoms with Crippen LogP contribution in [0.15, 0.2) is 12.1 Å². The molecule has 0 bridgehead atoms. The third-order valence-electron chi connectivity index (χ3n) is 4.68. The molecule has 0 unspecified atom stereocenters. The Morgan fingerprint density at radius 3 is 2.27 bits per heavy atom. The van der Waals surface area contributed by atoms with E-state index >= 15 is 0 Å². The van der Waals surface area contributed by atoms with Crippen LogP contribution in [-0.2, 0) is 11.3 Å². The molecular weight excluding hydrogens is 406 g/mol. The second-order valence-electron chi connectivity index (χ2n) is 6.71. The normalized spacial score (nSPS) is 14.9. The summed E-state index contributed by atoms with van der Waals surface area (Å²) < 4.78 is 24.7. The minimum Gasteiger partial charge on any atom is -0.490 e. The predicted molar refractivity (Wildman–Crippen MR) is 114 cm³/mol. The van der Waals surface area contributed by atoms with E-state index in [1.54, 1.807) is 0 Å². The van der Waals surface area contributed by atoms with E-state index in [1.807, 2.05) is 37.4 Å². The number of hydrogen-bond acceptors (Lipinski definition) is 9. The summed E-state index contributed by atoms with van der Waals surface area (Å²) in [6.45, 7) is 11.4. The molecule has 3 heterocycles. The fraction of sp³-hybridized carbons (Fsp3) is 0.550. The van der Waals surface area contributed by atoms with Crippen molar-refractivity contribution in [2.75, 3.05) is 46.1 Å². The van der Waals surface area contributed by atoms with Crippen molar-refractivity contribution in [3.8, 4) is 27.8 Å². The Morgan fingerprint density at radius 1 is 0.967 bits per heavy atom. The van der Waals surface area contributed by atoms with Gasteiger partial charge in [-0.15, -0.1) is 10.2 Å². The largest absolute Gasteiger partial charge is 0.490 e. The van der Waals surface area contributed by atoms with Crippen molar-refractivity contribution in [2.45, 2.75) is 27.3 Å². The molecule has 1 fully saturated rings. The average molecular weight is 434 g/mol. The Bertz CT molecular complexity index is 956. The van der Waals surface area contributed by atoms with Gasteiger partial charge < -0.3 is 18.9 Å². The van der Waals surface area contributed by atoms with Crippen molar-refractivity contribution in [1.82, 2.24) is 24.7 Å². The lowest BCUT2D eigenvalue weighted by Crippen LogP contribution is -2.36. The fourth-order valence-corrected chi connectivity index (χ4v) is 4.19. The molecule has 0 N–H and O–H groups in total. The second kappa shape index (κ2) is 9.59. The monoisotopic (exact) mass is 433 g/mol. The molecular formula is C20H27N5O4S. The van der Waals surface area contributed by atoms with Crippen LogP contribution in [-0.4, -0.2) is 70.8 Å². The highest BCUT2D eigenvalue weighted by molar-refractivity contribution is 7.19. The summed E-state index contributed by atoms with van der Waals surface area (Å²) >= 11 is 1.49. The lowest BCUT2D eigenvalue weighted by molar-refractivity contribution is 0.0328. The molecule has 0 aliphatic carbocycles. The maximum atomic E-state index is 5.84. The molecule has 10 heteroatoms. The van der Waals surface area contributed by atoms with Crippen molar-refractivity contribution >= 4 is 16.3 Å². The third-order valence-corrected chi connectivity index (χ3v) is 5.63. The number of ether oxygens (including phenoxy) is 4. The zero-order valence-electron chi connectivity index (χ0n) is 17.6. The Hall–Kier alpha value is -2.43. The molecule has 1 aromatic carbocycles. The van der Waals surface area contributed by atoms with Crippen LogP contribution >= 0.6 is 11.3 Å². The van der Waals surface area contributed by atoms with Crippen LogP contribution in [0.5, 0.6) is 17.2 Å². The lowest BCUT2D eigenvalue weighted by atomic mass is 10.2. The first-order valence-corrected chi connectivity index (χ1v) is 11.1. The Labute approximate surface area is 179 Å². The molecule has 0 saturated carbocycles. The summed E-state index contributed by atoms with van der Waals surface area (Å²) in [7, 11) is 0. The standard InChI is InChI=1S/C20H27N5O4S/c1-4-27-15-11-14(12-16(28-5-2)18(15)29-6-3)19-23-25-17(21-22-20(25)30-19)13-24-7-9-26-10-8-24/h11-12H,4-10,13H2,1-3H3. The van der Waals surface area contributed by atoms with Gasteiger partial charge in [0.1, 0.15) is 5.01 Å². The number of hydrogen-bond donors (Lipinski definition) is 0. The third kappa shape index (κ3) is 4.35. The van der Waals surface area contributed by atoms with Gasteiger partial charge in [0.15, 0.2) is 17.3 Å². The van der Waals surface area contributed by atoms with Crippen LogP contribution < -0.4 is 14.2 Å². The Morgan fingerprint density at radius 2 is 1.63 bits per heavy atom. The molecule has 1 aliphatic rings. The highest BCUT2D eigenvalue weighted by Crippen LogP contribution is 2.42. The summed E-state index contributed by atoms with van der Waals surface area (Å²) in [5.74, 6) is 2.76. The van der Waals surface area contributed by atoms with Crippen LogP contribution in [0.2, 0.25) is 0 Å². The van der Waals surface area contributed by atoms with E-state index in [2.05, 4.69) is 15.1 Å². The highest BCUT2D eigenvalue weighted by atomic mass is 32.1. The van der Waals surface area contributed by atoms with E-state index in [9.17, 15) is 0 Å². The highest BCUT2D eigenvalue weighted by Gasteiger charge is 2.20. The van der Waals surface area contributed by atoms with Crippen LogP contribution in [0.1, 0.15) is 26.6 Å². The number of fused-ring (bicyclic) bond motifs is 1. The molecule has 0 spiro atoms. The second-order valence-corrected chi connectivity index (χ2v) is 7.66. The molecule has 2 aromatic heterocycles. The first-order valence-electron chi connectivity index (χ1n) is 10.3. The summed E-state index contributed by atoms with van der Waals surface area (Å²) in [4.78, 5) is 3.06. The van der Waals surface area contributed by atoms with Gasteiger partial charge in [-0.3, -0.25) is 4.90 Å². The van der Waals surface area contributed by atoms with Gasteiger partial charge in [0.05, 0.1) is 39.6 Å². The Kier molecular flexibility index (Phi) is 6.66. The SMILES string of the molecule is CCOc1cc(-c2nn3c(CN4CCOCC4)nnc3s2)cc(OCC)c1OCC. The fourth-order valence-electron chi connectivity index (χ4n) is 3.34. The zero-order valence-corrected chi connectivity index (χ0v) is 18.4. The van der Waals surface area contributed by atoms with Crippen molar-refractivity contribution in [1.29, 1.82) is 0 Å². The zero-order chi connectivity index (χ0) is 20.9. The van der Waals surface area contributed by atoms with Crippen LogP contribution in [0.25, 0.3) is 15.5 Å². The van der Waals surface area contributed by atoms with Gasteiger partial charge >= 0.3 is 0 Å². The van der Waals surface area contributed by atoms with Gasteiger partial charge in [0, 0.05) is 18.7 Å². The summed E-state index contributed by atoms with van der Waals surface area (Å²) in [6.07, 6.45) is 0. The first kappa shape index (κ1) is 20.8. The van der Waals surface area contributed by atoms with Gasteiger partial charge in [0.25, 0.3) is 0 Å². The quantitative estimate of drug-likeness (QED) is 0.509. The molecule has 3 aromatic rings. The van der Waals surface area contributed by atoms with Crippen LogP contribution in [0.4, 0.5) is 0 Å². The number of benzene rings is 1. The molecule has 4 rings (SSSR count). The van der Waals surface area contributed by atoms with Gasteiger partial charge in [-0.25, -0.2) is 0 Å². The molecule has 0 atom stereocenters. The summed E-state index contributed by atoms with van der Waals surface area (Å²) in [5.41, 5.74) is 0.901. The van der Waals surface area contributed by atoms with Crippen molar-refractivity contribution < 1.29 is 18.9 Å². The van der Waals surface area contributed by atoms with Crippen molar-refractivity contribution in [3.63, 3.8) is 0 Å². The number of rotatable bonds is 9. The van der Waals surface area contributed by atoms with Crippen molar-refractivity contribution in [3.05, 3.63) is 18.0 Å². The van der Waals surface area contributed by atoms with E-state index < -0.39 is 0 Å². The summed E-state index contributed by atoms with van der Waals surface area (Å²) in [5, 5.41) is 14.3. The minimum absolute atomic E-state index is 0.529. The predicted octanol–water partition coefficient (Wildman–Crippen LogP) is 2.88. The smallest absolute Gasteiger partial charge is 0.235 e. The van der Waals surface area contributed by atoms with Gasteiger partial charge in [-0.2, -0.15) is 9.61 Å². The molecule has 9 nitrogen and oxygen atoms in total. The van der Waals surface area contributed by atoms with E-state index in [0.717, 1.165) is 47.7 Å². The maximum Gasteiger partial charge on any atom is 0.235 e. The maximum absolute atomic E-state index is 5.84.